The number of nitrogens with one attached hydrogen (secondary N) is 3. The molecule has 4 aliphatic rings. The first-order valence-electron chi connectivity index (χ1n) is 19.0. The van der Waals surface area contributed by atoms with Crippen LogP contribution in [0.5, 0.6) is 0 Å². The largest absolute Gasteiger partial charge is 0.463 e. The minimum absolute atomic E-state index is 0.0264. The number of carbonyl (C=O) groups is 4. The number of amides is 4. The van der Waals surface area contributed by atoms with E-state index in [1.165, 1.54) is 12.1 Å². The van der Waals surface area contributed by atoms with Crippen LogP contribution in [-0.2, 0) is 25.7 Å². The number of aliphatic imine (C=N–C) groups is 1. The van der Waals surface area contributed by atoms with Gasteiger partial charge in [-0.15, -0.1) is 0 Å². The lowest BCUT2D eigenvalue weighted by Crippen LogP contribution is -2.59. The van der Waals surface area contributed by atoms with Crippen molar-refractivity contribution < 1.29 is 28.3 Å². The van der Waals surface area contributed by atoms with Crippen LogP contribution < -0.4 is 16.0 Å². The molecule has 2 aromatic rings. The summed E-state index contributed by atoms with van der Waals surface area (Å²) in [5.41, 5.74) is 0.822. The summed E-state index contributed by atoms with van der Waals surface area (Å²) in [6, 6.07) is 4.06. The molecule has 288 valence electrons. The Bertz CT molecular complexity index is 1700. The molecule has 3 N–H and O–H groups in total. The third-order valence-electron chi connectivity index (χ3n) is 11.5. The smallest absolute Gasteiger partial charge is 0.287 e. The number of nitrogens with zero attached hydrogens (tertiary/aromatic N) is 6. The molecule has 2 aliphatic heterocycles. The van der Waals surface area contributed by atoms with Gasteiger partial charge in [0.1, 0.15) is 36.2 Å². The second-order valence-electron chi connectivity index (χ2n) is 15.2. The summed E-state index contributed by atoms with van der Waals surface area (Å²) >= 11 is 0. The fraction of sp³-hybridized carbons (Fsp3) is 0.632. The Morgan fingerprint density at radius 2 is 1.74 bits per heavy atom. The van der Waals surface area contributed by atoms with E-state index in [1.54, 1.807) is 53.7 Å². The third-order valence-corrected chi connectivity index (χ3v) is 11.5. The van der Waals surface area contributed by atoms with Gasteiger partial charge < -0.3 is 35.4 Å². The molecule has 15 heteroatoms. The average molecular weight is 736 g/mol. The van der Waals surface area contributed by atoms with E-state index >= 15 is 4.39 Å². The summed E-state index contributed by atoms with van der Waals surface area (Å²) in [6.45, 7) is 10.6. The molecule has 0 unspecified atom stereocenters. The number of hydrogen-bond donors (Lipinski definition) is 3. The Balaban J connectivity index is 1.21. The fourth-order valence-corrected chi connectivity index (χ4v) is 7.54. The van der Waals surface area contributed by atoms with Gasteiger partial charge in [-0.2, -0.15) is 5.10 Å². The van der Waals surface area contributed by atoms with Crippen LogP contribution >= 0.6 is 0 Å². The summed E-state index contributed by atoms with van der Waals surface area (Å²) in [6.07, 6.45) is 5.54. The van der Waals surface area contributed by atoms with E-state index < -0.39 is 47.6 Å². The van der Waals surface area contributed by atoms with E-state index in [-0.39, 0.29) is 23.6 Å². The maximum atomic E-state index is 16.0. The van der Waals surface area contributed by atoms with E-state index in [1.807, 2.05) is 20.9 Å². The number of carbonyl (C=O) groups excluding carboxylic acids is 4. The van der Waals surface area contributed by atoms with Crippen molar-refractivity contribution in [1.82, 2.24) is 35.1 Å². The minimum atomic E-state index is -0.991. The van der Waals surface area contributed by atoms with Gasteiger partial charge in [0.2, 0.25) is 17.7 Å². The normalized spacial score (nSPS) is 21.2. The van der Waals surface area contributed by atoms with Gasteiger partial charge in [-0.25, -0.2) is 9.38 Å². The Kier molecular flexibility index (Phi) is 11.7. The Morgan fingerprint density at radius 3 is 2.34 bits per heavy atom. The van der Waals surface area contributed by atoms with Gasteiger partial charge in [0.05, 0.1) is 12.2 Å². The molecular formula is C38H54FN9O5. The minimum Gasteiger partial charge on any atom is -0.463 e. The standard InChI is InChI=1S/C38H54FN9O5/c1-7-48-30(14-15-41-48)35(50)44-33(31(25-8-9-25)26-10-11-26)36(51)42-29-13-12-27(20-28(29)39)23(3)32(37(52)47-18-17-45(5)22(2)21-47)43-34(49)24(4)46(6)38-40-16-19-53-38/h12-15,20,22-26,31-33H,7-11,16-19,21H2,1-6H3,(H,42,51)(H,43,49)(H,44,50)/t22-,23+,24+,32-,33+/m1/s1. The van der Waals surface area contributed by atoms with E-state index in [0.29, 0.717) is 68.4 Å². The highest BCUT2D eigenvalue weighted by atomic mass is 19.1. The van der Waals surface area contributed by atoms with Crippen molar-refractivity contribution in [3.63, 3.8) is 0 Å². The van der Waals surface area contributed by atoms with E-state index in [9.17, 15) is 19.2 Å². The van der Waals surface area contributed by atoms with Gasteiger partial charge in [-0.05, 0) is 95.0 Å². The highest BCUT2D eigenvalue weighted by molar-refractivity contribution is 6.01. The number of amidine groups is 1. The molecule has 2 aliphatic carbocycles. The summed E-state index contributed by atoms with van der Waals surface area (Å²) < 4.78 is 23.1. The zero-order valence-corrected chi connectivity index (χ0v) is 31.7. The number of hydrogen-bond acceptors (Lipinski definition) is 9. The molecule has 53 heavy (non-hydrogen) atoms. The molecular weight excluding hydrogens is 681 g/mol. The number of ether oxygens (including phenoxy) is 1. The van der Waals surface area contributed by atoms with Crippen molar-refractivity contribution >= 4 is 35.3 Å². The second-order valence-corrected chi connectivity index (χ2v) is 15.2. The molecule has 3 heterocycles. The van der Waals surface area contributed by atoms with E-state index in [4.69, 9.17) is 4.74 Å². The molecule has 1 saturated heterocycles. The maximum Gasteiger partial charge on any atom is 0.287 e. The van der Waals surface area contributed by atoms with Crippen molar-refractivity contribution in [3.05, 3.63) is 47.5 Å². The highest BCUT2D eigenvalue weighted by Gasteiger charge is 2.48. The monoisotopic (exact) mass is 735 g/mol. The first-order valence-corrected chi connectivity index (χ1v) is 19.0. The van der Waals surface area contributed by atoms with E-state index in [0.717, 1.165) is 25.7 Å². The molecule has 0 radical (unpaired) electrons. The molecule has 0 bridgehead atoms. The van der Waals surface area contributed by atoms with Crippen molar-refractivity contribution in [2.45, 2.75) is 90.0 Å². The predicted octanol–water partition coefficient (Wildman–Crippen LogP) is 2.67. The number of aromatic nitrogens is 2. The Morgan fingerprint density at radius 1 is 1.02 bits per heavy atom. The Labute approximate surface area is 310 Å². The lowest BCUT2D eigenvalue weighted by atomic mass is 9.88. The third kappa shape index (κ3) is 8.66. The zero-order valence-electron chi connectivity index (χ0n) is 31.7. The number of benzene rings is 1. The van der Waals surface area contributed by atoms with Crippen LogP contribution in [0.2, 0.25) is 0 Å². The summed E-state index contributed by atoms with van der Waals surface area (Å²) in [7, 11) is 3.73. The van der Waals surface area contributed by atoms with Crippen LogP contribution in [0.25, 0.3) is 0 Å². The van der Waals surface area contributed by atoms with Gasteiger partial charge in [-0.3, -0.25) is 23.9 Å². The number of rotatable bonds is 14. The van der Waals surface area contributed by atoms with Gasteiger partial charge in [-0.1, -0.05) is 13.0 Å². The van der Waals surface area contributed by atoms with Crippen LogP contribution in [0.1, 0.15) is 75.3 Å². The molecule has 14 nitrogen and oxygen atoms in total. The molecule has 2 saturated carbocycles. The quantitative estimate of drug-likeness (QED) is 0.268. The molecule has 3 fully saturated rings. The molecule has 5 atom stereocenters. The Hall–Kier alpha value is -4.53. The molecule has 6 rings (SSSR count). The van der Waals surface area contributed by atoms with Gasteiger partial charge in [0.15, 0.2) is 0 Å². The van der Waals surface area contributed by atoms with Crippen molar-refractivity contribution in [2.75, 3.05) is 52.2 Å². The second kappa shape index (κ2) is 16.2. The summed E-state index contributed by atoms with van der Waals surface area (Å²) in [4.78, 5) is 65.1. The maximum absolute atomic E-state index is 16.0. The lowest BCUT2D eigenvalue weighted by Gasteiger charge is -2.40. The van der Waals surface area contributed by atoms with E-state index in [2.05, 4.69) is 30.9 Å². The molecule has 0 spiro atoms. The number of aryl methyl sites for hydroxylation is 1. The molecule has 1 aromatic carbocycles. The number of likely N-dealkylation sites (N-methyl/N-ethyl adjacent to an activating group) is 2. The fourth-order valence-electron chi connectivity index (χ4n) is 7.54. The topological polar surface area (TPSA) is 154 Å². The summed E-state index contributed by atoms with van der Waals surface area (Å²) in [5, 5.41) is 12.9. The van der Waals surface area contributed by atoms with Crippen molar-refractivity contribution in [2.24, 2.45) is 22.7 Å². The number of piperazine rings is 1. The highest BCUT2D eigenvalue weighted by Crippen LogP contribution is 2.51. The first kappa shape index (κ1) is 38.2. The average Bonchev–Trinajstić information content (AvgIpc) is 4.06. The van der Waals surface area contributed by atoms with Crippen LogP contribution in [0, 0.1) is 23.6 Å². The van der Waals surface area contributed by atoms with Crippen LogP contribution in [0.3, 0.4) is 0 Å². The predicted molar refractivity (Wildman–Crippen MR) is 198 cm³/mol. The van der Waals surface area contributed by atoms with Crippen molar-refractivity contribution in [1.29, 1.82) is 0 Å². The SMILES string of the molecule is CCn1nccc1C(=O)N[C@H](C(=O)Nc1ccc([C@H](C)[C@@H](NC(=O)[C@H](C)N(C)C2=NCCO2)C(=O)N2CCN(C)[C@H](C)C2)cc1F)C(C1CC1)C1CC1. The number of anilines is 1. The van der Waals surface area contributed by atoms with Gasteiger partial charge >= 0.3 is 0 Å². The number of halogens is 1. The molecule has 4 amide bonds. The van der Waals surface area contributed by atoms with Crippen LogP contribution in [0.15, 0.2) is 35.5 Å². The summed E-state index contributed by atoms with van der Waals surface area (Å²) in [5.74, 6) is -2.18. The first-order chi connectivity index (χ1) is 25.4. The molecule has 1 aromatic heterocycles. The van der Waals surface area contributed by atoms with Gasteiger partial charge in [0, 0.05) is 51.4 Å². The van der Waals surface area contributed by atoms with Crippen molar-refractivity contribution in [3.8, 4) is 0 Å². The zero-order chi connectivity index (χ0) is 38.0. The van der Waals surface area contributed by atoms with Crippen LogP contribution in [-0.4, -0.2) is 125 Å². The lowest BCUT2D eigenvalue weighted by molar-refractivity contribution is -0.140. The van der Waals surface area contributed by atoms with Gasteiger partial charge in [0.25, 0.3) is 11.9 Å². The van der Waals surface area contributed by atoms with Crippen LogP contribution in [0.4, 0.5) is 10.1 Å².